The molecule has 36 nitrogen and oxygen atoms in total. The number of hydrogen-bond donors (Lipinski definition) is 14. The van der Waals surface area contributed by atoms with Gasteiger partial charge in [0.25, 0.3) is 0 Å². The van der Waals surface area contributed by atoms with Crippen molar-refractivity contribution >= 4 is 107 Å². The molecule has 0 heterocycles. The molecule has 0 aliphatic rings. The first-order valence-electron chi connectivity index (χ1n) is 33.6. The Morgan fingerprint density at radius 3 is 0.368 bits per heavy atom. The molecule has 0 aromatic heterocycles. The second-order valence-electron chi connectivity index (χ2n) is 23.3. The Bertz CT molecular complexity index is 3550. The number of carbonyl (C=O) groups excluding carboxylic acids is 4. The lowest BCUT2D eigenvalue weighted by Crippen LogP contribution is -2.29. The summed E-state index contributed by atoms with van der Waals surface area (Å²) in [6.07, 6.45) is 21.8. The Labute approximate surface area is 603 Å². The van der Waals surface area contributed by atoms with Gasteiger partial charge in [0.15, 0.2) is 0 Å². The summed E-state index contributed by atoms with van der Waals surface area (Å²) in [6, 6.07) is 0. The van der Waals surface area contributed by atoms with Crippen molar-refractivity contribution in [3.8, 4) is 0 Å². The molecule has 3 aromatic carbocycles. The molecule has 0 aliphatic carbocycles. The molecule has 0 saturated carbocycles. The molecule has 0 amide bonds. The van der Waals surface area contributed by atoms with Crippen LogP contribution >= 0.6 is 0 Å². The summed E-state index contributed by atoms with van der Waals surface area (Å²) in [5.74, 6) is -36.1. The highest BCUT2D eigenvalue weighted by molar-refractivity contribution is 6.26. The van der Waals surface area contributed by atoms with E-state index < -0.39 is 208 Å². The molecular weight excluding hydrogens is 1420 g/mol. The molecule has 3 rings (SSSR count). The summed E-state index contributed by atoms with van der Waals surface area (Å²) in [5.41, 5.74) is -25.9. The Kier molecular flexibility index (Phi) is 40.6. The fourth-order valence-electron chi connectivity index (χ4n) is 10.9. The van der Waals surface area contributed by atoms with Crippen molar-refractivity contribution in [2.45, 2.75) is 195 Å². The van der Waals surface area contributed by atoms with Gasteiger partial charge >= 0.3 is 107 Å². The third-order valence-corrected chi connectivity index (χ3v) is 15.7. The van der Waals surface area contributed by atoms with E-state index in [0.29, 0.717) is 51.4 Å². The average molecular weight is 1500 g/mol. The molecule has 0 spiro atoms. The van der Waals surface area contributed by atoms with Gasteiger partial charge in [0.2, 0.25) is 0 Å². The number of carboxylic acid groups (broad SMARTS) is 14. The monoisotopic (exact) mass is 1500 g/mol. The maximum atomic E-state index is 13.2. The third kappa shape index (κ3) is 26.4. The Hall–Kier alpha value is -11.9. The van der Waals surface area contributed by atoms with Crippen LogP contribution in [0, 0.1) is 0 Å². The van der Waals surface area contributed by atoms with Crippen molar-refractivity contribution in [3.05, 3.63) is 100 Å². The van der Waals surface area contributed by atoms with Crippen molar-refractivity contribution in [1.29, 1.82) is 0 Å². The van der Waals surface area contributed by atoms with E-state index in [2.05, 4.69) is 6.92 Å². The largest absolute Gasteiger partial charge is 0.478 e. The van der Waals surface area contributed by atoms with Gasteiger partial charge < -0.3 is 90.4 Å². The van der Waals surface area contributed by atoms with Crippen LogP contribution in [0.4, 0.5) is 0 Å². The van der Waals surface area contributed by atoms with E-state index in [1.54, 1.807) is 0 Å². The van der Waals surface area contributed by atoms with E-state index in [4.69, 9.17) is 18.9 Å². The van der Waals surface area contributed by atoms with Crippen LogP contribution in [0.1, 0.15) is 381 Å². The van der Waals surface area contributed by atoms with Gasteiger partial charge in [-0.05, 0) is 25.7 Å². The Balaban J connectivity index is 0.000000806. The highest BCUT2D eigenvalue weighted by Crippen LogP contribution is 2.35. The number of unbranched alkanes of at least 4 members (excludes halogenated alkanes) is 22. The van der Waals surface area contributed by atoms with Crippen LogP contribution in [0.3, 0.4) is 0 Å². The van der Waals surface area contributed by atoms with E-state index in [-0.39, 0.29) is 26.4 Å². The maximum Gasteiger partial charge on any atom is 0.339 e. The topological polar surface area (TPSA) is 627 Å². The fraction of sp³-hybridized carbons (Fsp3) is 0.486. The summed E-state index contributed by atoms with van der Waals surface area (Å²) >= 11 is 0. The van der Waals surface area contributed by atoms with E-state index >= 15 is 0 Å². The molecule has 0 bridgehead atoms. The molecule has 14 N–H and O–H groups in total. The first kappa shape index (κ1) is 92.1. The van der Waals surface area contributed by atoms with Gasteiger partial charge in [-0.3, -0.25) is 0 Å². The van der Waals surface area contributed by atoms with Gasteiger partial charge in [-0.25, -0.2) is 86.3 Å². The zero-order valence-corrected chi connectivity index (χ0v) is 58.5. The van der Waals surface area contributed by atoms with Gasteiger partial charge in [-0.2, -0.15) is 0 Å². The van der Waals surface area contributed by atoms with Crippen molar-refractivity contribution in [2.75, 3.05) is 26.4 Å². The molecule has 106 heavy (non-hydrogen) atoms. The number of carbonyl (C=O) groups is 18. The molecule has 0 radical (unpaired) electrons. The summed E-state index contributed by atoms with van der Waals surface area (Å²) < 4.78 is 20.1. The van der Waals surface area contributed by atoms with Crippen LogP contribution in [0.25, 0.3) is 0 Å². The molecule has 3 aromatic rings. The van der Waals surface area contributed by atoms with Gasteiger partial charge in [0, 0.05) is 0 Å². The highest BCUT2D eigenvalue weighted by Gasteiger charge is 2.45. The zero-order valence-electron chi connectivity index (χ0n) is 58.5. The van der Waals surface area contributed by atoms with Crippen molar-refractivity contribution in [1.82, 2.24) is 0 Å². The minimum atomic E-state index is -2.20. The van der Waals surface area contributed by atoms with Crippen molar-refractivity contribution in [2.24, 2.45) is 0 Å². The predicted molar refractivity (Wildman–Crippen MR) is 361 cm³/mol. The quantitative estimate of drug-likeness (QED) is 0.0142. The molecule has 0 aliphatic heterocycles. The number of rotatable bonds is 48. The number of ether oxygens (including phenoxy) is 4. The summed E-state index contributed by atoms with van der Waals surface area (Å²) in [4.78, 5) is 217. The molecule has 582 valence electrons. The molecule has 0 unspecified atom stereocenters. The lowest BCUT2D eigenvalue weighted by atomic mass is 9.86. The number of benzene rings is 3. The van der Waals surface area contributed by atoms with Gasteiger partial charge in [-0.15, -0.1) is 0 Å². The fourth-order valence-corrected chi connectivity index (χ4v) is 10.9. The number of aromatic carboxylic acids is 14. The van der Waals surface area contributed by atoms with E-state index in [0.717, 1.165) is 116 Å². The van der Waals surface area contributed by atoms with Crippen LogP contribution in [0.2, 0.25) is 0 Å². The van der Waals surface area contributed by atoms with Gasteiger partial charge in [-0.1, -0.05) is 169 Å². The first-order valence-corrected chi connectivity index (χ1v) is 33.6. The lowest BCUT2D eigenvalue weighted by molar-refractivity contribution is 0.0438. The van der Waals surface area contributed by atoms with E-state index in [1.165, 1.54) is 0 Å². The third-order valence-electron chi connectivity index (χ3n) is 15.7. The SMILES string of the molecule is CCCCCCCCCCOC(=O)c1c(C(=O)O)c(C(=O)O)c(C(=O)O)c(C(=O)O)c1C(=O)OCCCCCCCC.CCCCCCCCOC(=O)c1c(C(=O)O)c(C(=O)O)c(C(=O)O)c(C(=O)O)c1C(=O)O.CCCCCCCCOC(=O)c1c(C(=O)O)c(C(=O)O)c(C(=O)O)c(C(=O)O)c1C(=O)O. The zero-order chi connectivity index (χ0) is 80.8. The lowest BCUT2D eigenvalue weighted by Gasteiger charge is -2.19. The number of hydrogen-bond acceptors (Lipinski definition) is 22. The summed E-state index contributed by atoms with van der Waals surface area (Å²) in [5, 5.41) is 133. The van der Waals surface area contributed by atoms with Gasteiger partial charge in [0.1, 0.15) is 0 Å². The molecule has 0 fully saturated rings. The average Bonchev–Trinajstić information content (AvgIpc) is 0.753. The second-order valence-corrected chi connectivity index (χ2v) is 23.3. The molecule has 0 atom stereocenters. The molecule has 36 heteroatoms. The second kappa shape index (κ2) is 46.7. The maximum absolute atomic E-state index is 13.2. The number of carboxylic acids is 14. The molecule has 0 saturated heterocycles. The Morgan fingerprint density at radius 1 is 0.160 bits per heavy atom. The van der Waals surface area contributed by atoms with E-state index in [1.807, 2.05) is 20.8 Å². The highest BCUT2D eigenvalue weighted by atomic mass is 16.6. The van der Waals surface area contributed by atoms with Crippen LogP contribution < -0.4 is 0 Å². The first-order chi connectivity index (χ1) is 49.9. The standard InChI is InChI=1S/C30H42O12.2C20H22O12/c1-3-5-7-9-11-12-14-16-18-42-30(40)24-22(28(37)38)20(26(33)34)19(25(31)32)21(27(35)36)23(24)29(39)41-17-15-13-10-8-6-4-2;2*1-2-3-4-5-6-7-8-32-20(31)14-12(18(27)28)10(16(23)24)9(15(21)22)11(17(25)26)13(14)19(29)30/h3-18H2,1-2H3,(H,31,32)(H,33,34)(H,35,36)(H,37,38);2*2-8H2,1H3,(H,21,22)(H,23,24)(H,25,26)(H,27,28)(H,29,30). The van der Waals surface area contributed by atoms with Crippen LogP contribution in [0.5, 0.6) is 0 Å². The smallest absolute Gasteiger partial charge is 0.339 e. The van der Waals surface area contributed by atoms with Gasteiger partial charge in [0.05, 0.1) is 127 Å². The number of esters is 4. The predicted octanol–water partition coefficient (Wildman–Crippen LogP) is 11.7. The van der Waals surface area contributed by atoms with Crippen molar-refractivity contribution in [3.63, 3.8) is 0 Å². The normalized spacial score (nSPS) is 10.5. The van der Waals surface area contributed by atoms with E-state index in [9.17, 15) is 158 Å². The summed E-state index contributed by atoms with van der Waals surface area (Å²) in [7, 11) is 0. The van der Waals surface area contributed by atoms with Crippen LogP contribution in [-0.4, -0.2) is 205 Å². The van der Waals surface area contributed by atoms with Crippen LogP contribution in [-0.2, 0) is 18.9 Å². The molecular formula is C70H86O36. The Morgan fingerprint density at radius 2 is 0.255 bits per heavy atom. The van der Waals surface area contributed by atoms with Crippen LogP contribution in [0.15, 0.2) is 0 Å². The minimum Gasteiger partial charge on any atom is -0.478 e. The minimum absolute atomic E-state index is 0.218. The van der Waals surface area contributed by atoms with Crippen molar-refractivity contribution < 1.29 is 177 Å². The summed E-state index contributed by atoms with van der Waals surface area (Å²) in [6.45, 7) is 7.23.